The minimum atomic E-state index is 0.0235. The zero-order valence-corrected chi connectivity index (χ0v) is 16.1. The van der Waals surface area contributed by atoms with Gasteiger partial charge in [-0.1, -0.05) is 24.3 Å². The summed E-state index contributed by atoms with van der Waals surface area (Å²) in [6.45, 7) is 2.72. The van der Waals surface area contributed by atoms with Crippen LogP contribution in [0.3, 0.4) is 0 Å². The molecular weight excluding hydrogens is 340 g/mol. The predicted molar refractivity (Wildman–Crippen MR) is 106 cm³/mol. The molecule has 1 N–H and O–H groups in total. The number of methoxy groups -OCH3 is 2. The molecular formula is C22H28N2O3. The highest BCUT2D eigenvalue weighted by molar-refractivity contribution is 5.78. The van der Waals surface area contributed by atoms with Gasteiger partial charge in [0.2, 0.25) is 5.91 Å². The van der Waals surface area contributed by atoms with Crippen molar-refractivity contribution >= 4 is 5.91 Å². The van der Waals surface area contributed by atoms with Gasteiger partial charge in [0.05, 0.1) is 26.7 Å². The van der Waals surface area contributed by atoms with E-state index >= 15 is 0 Å². The first-order chi connectivity index (χ1) is 13.2. The fourth-order valence-corrected chi connectivity index (χ4v) is 3.60. The van der Waals surface area contributed by atoms with Crippen molar-refractivity contribution in [3.05, 3.63) is 59.7 Å². The van der Waals surface area contributed by atoms with Gasteiger partial charge < -0.3 is 14.8 Å². The highest BCUT2D eigenvalue weighted by Gasteiger charge is 2.24. The summed E-state index contributed by atoms with van der Waals surface area (Å²) < 4.78 is 10.6. The van der Waals surface area contributed by atoms with Crippen molar-refractivity contribution in [2.45, 2.75) is 25.3 Å². The van der Waals surface area contributed by atoms with Crippen molar-refractivity contribution in [2.75, 3.05) is 33.9 Å². The highest BCUT2D eigenvalue weighted by atomic mass is 16.5. The molecule has 1 amide bonds. The van der Waals surface area contributed by atoms with E-state index in [1.807, 2.05) is 36.4 Å². The van der Waals surface area contributed by atoms with Crippen molar-refractivity contribution in [3.8, 4) is 11.5 Å². The summed E-state index contributed by atoms with van der Waals surface area (Å²) in [4.78, 5) is 14.9. The van der Waals surface area contributed by atoms with Gasteiger partial charge in [0.1, 0.15) is 11.5 Å². The second-order valence-corrected chi connectivity index (χ2v) is 6.87. The van der Waals surface area contributed by atoms with Crippen LogP contribution in [0.25, 0.3) is 0 Å². The lowest BCUT2D eigenvalue weighted by Crippen LogP contribution is -2.37. The van der Waals surface area contributed by atoms with E-state index in [4.69, 9.17) is 9.47 Å². The molecule has 1 heterocycles. The summed E-state index contributed by atoms with van der Waals surface area (Å²) in [7, 11) is 3.31. The molecule has 2 aromatic rings. The quantitative estimate of drug-likeness (QED) is 0.777. The van der Waals surface area contributed by atoms with E-state index in [0.717, 1.165) is 30.2 Å². The molecule has 27 heavy (non-hydrogen) atoms. The number of nitrogens with zero attached hydrogens (tertiary/aromatic N) is 1. The number of hydrogen-bond acceptors (Lipinski definition) is 4. The second-order valence-electron chi connectivity index (χ2n) is 6.87. The number of nitrogens with one attached hydrogen (secondary N) is 1. The topological polar surface area (TPSA) is 50.8 Å². The Kier molecular flexibility index (Phi) is 6.71. The van der Waals surface area contributed by atoms with Gasteiger partial charge in [0, 0.05) is 6.54 Å². The predicted octanol–water partition coefficient (Wildman–Crippen LogP) is 3.20. The van der Waals surface area contributed by atoms with Crippen molar-refractivity contribution in [3.63, 3.8) is 0 Å². The van der Waals surface area contributed by atoms with Crippen molar-refractivity contribution < 1.29 is 14.3 Å². The Balaban J connectivity index is 1.65. The summed E-state index contributed by atoms with van der Waals surface area (Å²) in [5.74, 6) is 1.64. The maximum Gasteiger partial charge on any atom is 0.224 e. The SMILES string of the molecule is COc1cccc(CC(=O)NCC(c2cccc(OC)c2)N2CCCC2)c1. The Morgan fingerprint density at radius 1 is 1.04 bits per heavy atom. The average molecular weight is 368 g/mol. The van der Waals surface area contributed by atoms with E-state index < -0.39 is 0 Å². The molecule has 0 spiro atoms. The molecule has 3 rings (SSSR count). The zero-order valence-electron chi connectivity index (χ0n) is 16.1. The van der Waals surface area contributed by atoms with Crippen LogP contribution >= 0.6 is 0 Å². The third-order valence-corrected chi connectivity index (χ3v) is 5.05. The molecule has 1 unspecified atom stereocenters. The van der Waals surface area contributed by atoms with Gasteiger partial charge in [0.15, 0.2) is 0 Å². The molecule has 1 fully saturated rings. The third kappa shape index (κ3) is 5.23. The largest absolute Gasteiger partial charge is 0.497 e. The van der Waals surface area contributed by atoms with E-state index in [2.05, 4.69) is 22.3 Å². The molecule has 2 aromatic carbocycles. The van der Waals surface area contributed by atoms with Crippen LogP contribution in [-0.2, 0) is 11.2 Å². The number of carbonyl (C=O) groups is 1. The number of amides is 1. The minimum absolute atomic E-state index is 0.0235. The molecule has 0 aliphatic carbocycles. The van der Waals surface area contributed by atoms with Crippen LogP contribution in [0.15, 0.2) is 48.5 Å². The number of benzene rings is 2. The van der Waals surface area contributed by atoms with E-state index in [1.54, 1.807) is 14.2 Å². The van der Waals surface area contributed by atoms with Crippen LogP contribution in [0, 0.1) is 0 Å². The Labute approximate surface area is 161 Å². The van der Waals surface area contributed by atoms with E-state index in [0.29, 0.717) is 13.0 Å². The molecule has 1 aliphatic heterocycles. The van der Waals surface area contributed by atoms with Gasteiger partial charge in [0.25, 0.3) is 0 Å². The molecule has 0 aromatic heterocycles. The third-order valence-electron chi connectivity index (χ3n) is 5.05. The first-order valence-corrected chi connectivity index (χ1v) is 9.47. The van der Waals surface area contributed by atoms with Crippen LogP contribution in [0.2, 0.25) is 0 Å². The Morgan fingerprint density at radius 3 is 2.41 bits per heavy atom. The smallest absolute Gasteiger partial charge is 0.224 e. The molecule has 5 nitrogen and oxygen atoms in total. The van der Waals surface area contributed by atoms with E-state index in [-0.39, 0.29) is 11.9 Å². The van der Waals surface area contributed by atoms with Crippen molar-refractivity contribution in [1.82, 2.24) is 10.2 Å². The normalized spacial score (nSPS) is 15.3. The molecule has 0 bridgehead atoms. The summed E-state index contributed by atoms with van der Waals surface area (Å²) in [6, 6.07) is 15.9. The van der Waals surface area contributed by atoms with Gasteiger partial charge in [-0.05, 0) is 61.3 Å². The molecule has 5 heteroatoms. The number of ether oxygens (including phenoxy) is 2. The summed E-state index contributed by atoms with van der Waals surface area (Å²) >= 11 is 0. The van der Waals surface area contributed by atoms with Gasteiger partial charge in [-0.25, -0.2) is 0 Å². The second kappa shape index (κ2) is 9.42. The summed E-state index contributed by atoms with van der Waals surface area (Å²) in [5, 5.41) is 3.12. The Hall–Kier alpha value is -2.53. The number of rotatable bonds is 8. The van der Waals surface area contributed by atoms with Crippen LogP contribution in [-0.4, -0.2) is 44.7 Å². The minimum Gasteiger partial charge on any atom is -0.497 e. The molecule has 1 aliphatic rings. The zero-order chi connectivity index (χ0) is 19.1. The fourth-order valence-electron chi connectivity index (χ4n) is 3.60. The molecule has 0 saturated carbocycles. The van der Waals surface area contributed by atoms with Crippen LogP contribution < -0.4 is 14.8 Å². The van der Waals surface area contributed by atoms with Crippen LogP contribution in [0.5, 0.6) is 11.5 Å². The maximum atomic E-state index is 12.5. The number of hydrogen-bond donors (Lipinski definition) is 1. The lowest BCUT2D eigenvalue weighted by atomic mass is 10.0. The van der Waals surface area contributed by atoms with Crippen molar-refractivity contribution in [2.24, 2.45) is 0 Å². The lowest BCUT2D eigenvalue weighted by molar-refractivity contribution is -0.120. The van der Waals surface area contributed by atoms with Gasteiger partial charge >= 0.3 is 0 Å². The van der Waals surface area contributed by atoms with Crippen molar-refractivity contribution in [1.29, 1.82) is 0 Å². The highest BCUT2D eigenvalue weighted by Crippen LogP contribution is 2.27. The standard InChI is InChI=1S/C22H28N2O3/c1-26-19-9-5-7-17(13-19)14-22(25)23-16-21(24-11-3-4-12-24)18-8-6-10-20(15-18)27-2/h5-10,13,15,21H,3-4,11-12,14,16H2,1-2H3,(H,23,25). The fraction of sp³-hybridized carbons (Fsp3) is 0.409. The average Bonchev–Trinajstić information content (AvgIpc) is 3.23. The first kappa shape index (κ1) is 19.2. The molecule has 144 valence electrons. The summed E-state index contributed by atoms with van der Waals surface area (Å²) in [5.41, 5.74) is 2.13. The van der Waals surface area contributed by atoms with Gasteiger partial charge in [-0.3, -0.25) is 9.69 Å². The summed E-state index contributed by atoms with van der Waals surface area (Å²) in [6.07, 6.45) is 2.76. The molecule has 1 atom stereocenters. The van der Waals surface area contributed by atoms with E-state index in [9.17, 15) is 4.79 Å². The molecule has 0 radical (unpaired) electrons. The van der Waals surface area contributed by atoms with E-state index in [1.165, 1.54) is 18.4 Å². The number of likely N-dealkylation sites (tertiary alicyclic amines) is 1. The van der Waals surface area contributed by atoms with Crippen LogP contribution in [0.4, 0.5) is 0 Å². The Morgan fingerprint density at radius 2 is 1.70 bits per heavy atom. The monoisotopic (exact) mass is 368 g/mol. The van der Waals surface area contributed by atoms with Gasteiger partial charge in [-0.2, -0.15) is 0 Å². The lowest BCUT2D eigenvalue weighted by Gasteiger charge is -2.28. The molecule has 1 saturated heterocycles. The number of carbonyl (C=O) groups excluding carboxylic acids is 1. The maximum absolute atomic E-state index is 12.5. The van der Waals surface area contributed by atoms with Crippen LogP contribution in [0.1, 0.15) is 30.0 Å². The first-order valence-electron chi connectivity index (χ1n) is 9.47. The Bertz CT molecular complexity index is 757. The van der Waals surface area contributed by atoms with Gasteiger partial charge in [-0.15, -0.1) is 0 Å².